The second kappa shape index (κ2) is 18.2. The molecule has 0 radical (unpaired) electrons. The first-order chi connectivity index (χ1) is 35.1. The van der Waals surface area contributed by atoms with Crippen LogP contribution in [-0.4, -0.2) is 24.5 Å². The molecule has 3 heterocycles. The first-order valence-electron chi connectivity index (χ1n) is 23.3. The van der Waals surface area contributed by atoms with E-state index in [0.29, 0.717) is 22.9 Å². The zero-order valence-electron chi connectivity index (χ0n) is 38.1. The Hall–Kier alpha value is -10.1. The molecule has 7 heteroatoms. The minimum Gasteiger partial charge on any atom is -0.308 e. The summed E-state index contributed by atoms with van der Waals surface area (Å²) < 4.78 is 2.31. The summed E-state index contributed by atoms with van der Waals surface area (Å²) >= 11 is 0. The van der Waals surface area contributed by atoms with Crippen molar-refractivity contribution in [1.29, 1.82) is 5.26 Å². The molecule has 0 spiro atoms. The number of nitrogens with zero attached hydrogens (tertiary/aromatic N) is 7. The summed E-state index contributed by atoms with van der Waals surface area (Å²) in [5.74, 6) is 1.17. The molecule has 0 aliphatic carbocycles. The normalized spacial score (nSPS) is 11.1. The lowest BCUT2D eigenvalue weighted by Gasteiger charge is -2.17. The number of rotatable bonds is 9. The molecule has 330 valence electrons. The van der Waals surface area contributed by atoms with Crippen LogP contribution in [0, 0.1) is 17.9 Å². The van der Waals surface area contributed by atoms with Gasteiger partial charge < -0.3 is 4.57 Å². The van der Waals surface area contributed by atoms with Crippen molar-refractivity contribution >= 4 is 27.5 Å². The maximum Gasteiger partial charge on any atom is 0.187 e. The number of hydrogen-bond acceptors (Lipinski definition) is 5. The molecule has 3 aromatic heterocycles. The maximum absolute atomic E-state index is 9.85. The van der Waals surface area contributed by atoms with Gasteiger partial charge in [-0.3, -0.25) is 0 Å². The van der Waals surface area contributed by atoms with Crippen molar-refractivity contribution in [2.24, 2.45) is 0 Å². The third-order valence-electron chi connectivity index (χ3n) is 12.9. The van der Waals surface area contributed by atoms with Crippen LogP contribution in [0.1, 0.15) is 5.56 Å². The lowest BCUT2D eigenvalue weighted by molar-refractivity contribution is 1.13. The summed E-state index contributed by atoms with van der Waals surface area (Å²) in [6.07, 6.45) is 0. The Morgan fingerprint density at radius 1 is 0.366 bits per heavy atom. The fourth-order valence-electron chi connectivity index (χ4n) is 9.38. The van der Waals surface area contributed by atoms with Crippen LogP contribution < -0.4 is 0 Å². The van der Waals surface area contributed by atoms with Gasteiger partial charge in [-0.2, -0.15) is 5.26 Å². The highest BCUT2D eigenvalue weighted by Gasteiger charge is 2.22. The maximum atomic E-state index is 9.85. The molecule has 0 bridgehead atoms. The predicted molar refractivity (Wildman–Crippen MR) is 286 cm³/mol. The minimum atomic E-state index is 0.551. The first kappa shape index (κ1) is 42.3. The zero-order chi connectivity index (χ0) is 47.7. The summed E-state index contributed by atoms with van der Waals surface area (Å²) in [5.41, 5.74) is 16.6. The summed E-state index contributed by atoms with van der Waals surface area (Å²) in [7, 11) is 0. The van der Waals surface area contributed by atoms with E-state index in [1.165, 1.54) is 0 Å². The van der Waals surface area contributed by atoms with Crippen molar-refractivity contribution in [1.82, 2.24) is 24.5 Å². The van der Waals surface area contributed by atoms with E-state index in [0.717, 1.165) is 106 Å². The Morgan fingerprint density at radius 2 is 0.803 bits per heavy atom. The Balaban J connectivity index is 1.15. The summed E-state index contributed by atoms with van der Waals surface area (Å²) in [6, 6.07) is 82.2. The van der Waals surface area contributed by atoms with E-state index in [1.54, 1.807) is 0 Å². The molecule has 9 aromatic carbocycles. The number of aromatic nitrogens is 5. The summed E-state index contributed by atoms with van der Waals surface area (Å²) in [4.78, 5) is 25.0. The van der Waals surface area contributed by atoms with Gasteiger partial charge in [-0.05, 0) is 89.0 Å². The molecule has 12 aromatic rings. The Bertz CT molecular complexity index is 3830. The van der Waals surface area contributed by atoms with Crippen LogP contribution in [0.15, 0.2) is 237 Å². The molecule has 0 unspecified atom stereocenters. The second-order valence-electron chi connectivity index (χ2n) is 17.3. The average Bonchev–Trinajstić information content (AvgIpc) is 3.78. The van der Waals surface area contributed by atoms with E-state index in [-0.39, 0.29) is 0 Å². The van der Waals surface area contributed by atoms with Gasteiger partial charge in [0, 0.05) is 44.2 Å². The molecule has 12 rings (SSSR count). The smallest absolute Gasteiger partial charge is 0.187 e. The van der Waals surface area contributed by atoms with Crippen LogP contribution in [0.3, 0.4) is 0 Å². The highest BCUT2D eigenvalue weighted by molar-refractivity contribution is 6.12. The van der Waals surface area contributed by atoms with Crippen molar-refractivity contribution in [3.8, 4) is 102 Å². The molecule has 71 heavy (non-hydrogen) atoms. The van der Waals surface area contributed by atoms with Gasteiger partial charge in [0.05, 0.1) is 57.7 Å². The molecule has 0 fully saturated rings. The van der Waals surface area contributed by atoms with E-state index >= 15 is 0 Å². The largest absolute Gasteiger partial charge is 0.308 e. The van der Waals surface area contributed by atoms with Gasteiger partial charge in [0.25, 0.3) is 0 Å². The third kappa shape index (κ3) is 8.16. The van der Waals surface area contributed by atoms with Gasteiger partial charge in [-0.25, -0.2) is 24.8 Å². The molecule has 0 aliphatic rings. The van der Waals surface area contributed by atoms with Crippen LogP contribution in [0.5, 0.6) is 0 Å². The van der Waals surface area contributed by atoms with Crippen molar-refractivity contribution in [3.05, 3.63) is 254 Å². The predicted octanol–water partition coefficient (Wildman–Crippen LogP) is 16.1. The number of fused-ring (bicyclic) bond motifs is 3. The molecule has 0 N–H and O–H groups in total. The van der Waals surface area contributed by atoms with E-state index in [4.69, 9.17) is 26.5 Å². The second-order valence-corrected chi connectivity index (χ2v) is 17.3. The lowest BCUT2D eigenvalue weighted by atomic mass is 9.99. The molecule has 0 aliphatic heterocycles. The molecular formula is C64H39N7. The standard InChI is InChI=1S/C64H39N7/c1-66-52-27-15-26-48(35-52)50-29-32-61-54(37-50)53-36-49(47-25-14-16-42(34-47)41-65)28-31-60(53)71(61)62-33-30-51(59-40-56(43-17-6-2-7-18-43)67-63(68-59)46-23-12-5-13-24-46)38-55(62)64-69-57(44-19-8-3-9-20-44)39-58(70-64)45-21-10-4-11-22-45/h2-40H. The topological polar surface area (TPSA) is 84.6 Å². The third-order valence-corrected chi connectivity index (χ3v) is 12.9. The minimum absolute atomic E-state index is 0.551. The Labute approximate surface area is 410 Å². The van der Waals surface area contributed by atoms with Gasteiger partial charge in [0.15, 0.2) is 17.3 Å². The molecule has 0 amide bonds. The quantitative estimate of drug-likeness (QED) is 0.135. The average molecular weight is 906 g/mol. The Morgan fingerprint density at radius 3 is 1.32 bits per heavy atom. The molecule has 7 nitrogen and oxygen atoms in total. The van der Waals surface area contributed by atoms with E-state index in [1.807, 2.05) is 133 Å². The van der Waals surface area contributed by atoms with Gasteiger partial charge >= 0.3 is 0 Å². The number of benzene rings is 9. The molecular weight excluding hydrogens is 867 g/mol. The van der Waals surface area contributed by atoms with Crippen molar-refractivity contribution in [2.75, 3.05) is 0 Å². The fourth-order valence-corrected chi connectivity index (χ4v) is 9.38. The van der Waals surface area contributed by atoms with Crippen LogP contribution in [0.4, 0.5) is 5.69 Å². The molecule has 0 atom stereocenters. The monoisotopic (exact) mass is 905 g/mol. The first-order valence-corrected chi connectivity index (χ1v) is 23.3. The van der Waals surface area contributed by atoms with Crippen LogP contribution in [-0.2, 0) is 0 Å². The summed E-state index contributed by atoms with van der Waals surface area (Å²) in [5, 5.41) is 11.9. The van der Waals surface area contributed by atoms with Crippen LogP contribution in [0.2, 0.25) is 0 Å². The van der Waals surface area contributed by atoms with E-state index < -0.39 is 0 Å². The zero-order valence-corrected chi connectivity index (χ0v) is 38.1. The van der Waals surface area contributed by atoms with Crippen molar-refractivity contribution < 1.29 is 0 Å². The Kier molecular flexibility index (Phi) is 10.8. The van der Waals surface area contributed by atoms with Gasteiger partial charge in [0.1, 0.15) is 0 Å². The highest BCUT2D eigenvalue weighted by Crippen LogP contribution is 2.42. The van der Waals surface area contributed by atoms with Gasteiger partial charge in [-0.1, -0.05) is 170 Å². The number of nitriles is 1. The van der Waals surface area contributed by atoms with E-state index in [9.17, 15) is 5.26 Å². The number of hydrogen-bond donors (Lipinski definition) is 0. The summed E-state index contributed by atoms with van der Waals surface area (Å²) in [6.45, 7) is 7.74. The van der Waals surface area contributed by atoms with Gasteiger partial charge in [0.2, 0.25) is 0 Å². The van der Waals surface area contributed by atoms with E-state index in [2.05, 4.69) is 119 Å². The fraction of sp³-hybridized carbons (Fsp3) is 0. The van der Waals surface area contributed by atoms with Crippen LogP contribution >= 0.6 is 0 Å². The lowest BCUT2D eigenvalue weighted by Crippen LogP contribution is -2.03. The van der Waals surface area contributed by atoms with Crippen molar-refractivity contribution in [2.45, 2.75) is 0 Å². The van der Waals surface area contributed by atoms with Crippen molar-refractivity contribution in [3.63, 3.8) is 0 Å². The van der Waals surface area contributed by atoms with Crippen LogP contribution in [0.25, 0.3) is 122 Å². The molecule has 0 saturated carbocycles. The van der Waals surface area contributed by atoms with Gasteiger partial charge in [-0.15, -0.1) is 0 Å². The highest BCUT2D eigenvalue weighted by atomic mass is 15.0. The SMILES string of the molecule is [C-]#[N+]c1cccc(-c2ccc3c(c2)c2cc(-c4cccc(C#N)c4)ccc2n3-c2ccc(-c3cc(-c4ccccc4)nc(-c4ccccc4)n3)cc2-c2nc(-c3ccccc3)cc(-c3ccccc3)n2)c1. The molecule has 0 saturated heterocycles.